The van der Waals surface area contributed by atoms with Gasteiger partial charge in [0.2, 0.25) is 5.91 Å². The van der Waals surface area contributed by atoms with Gasteiger partial charge in [-0.05, 0) is 25.0 Å². The molecule has 2 N–H and O–H groups in total. The second-order valence-electron chi connectivity index (χ2n) is 6.96. The lowest BCUT2D eigenvalue weighted by Gasteiger charge is -2.19. The van der Waals surface area contributed by atoms with E-state index in [4.69, 9.17) is 4.74 Å². The first-order chi connectivity index (χ1) is 13.0. The third-order valence-electron chi connectivity index (χ3n) is 5.01. The van der Waals surface area contributed by atoms with Crippen molar-refractivity contribution in [2.45, 2.75) is 43.0 Å². The van der Waals surface area contributed by atoms with E-state index in [9.17, 15) is 14.0 Å². The Hall–Kier alpha value is -1.96. The summed E-state index contributed by atoms with van der Waals surface area (Å²) in [5.41, 5.74) is 0. The fourth-order valence-corrected chi connectivity index (χ4v) is 4.98. The zero-order valence-corrected chi connectivity index (χ0v) is 16.3. The molecule has 6 nitrogen and oxygen atoms in total. The summed E-state index contributed by atoms with van der Waals surface area (Å²) < 4.78 is 18.9. The van der Waals surface area contributed by atoms with Gasteiger partial charge in [0.25, 0.3) is 0 Å². The summed E-state index contributed by atoms with van der Waals surface area (Å²) in [5, 5.41) is 6.35. The minimum atomic E-state index is -0.396. The van der Waals surface area contributed by atoms with Gasteiger partial charge in [-0.1, -0.05) is 18.6 Å². The van der Waals surface area contributed by atoms with Crippen LogP contribution < -0.4 is 15.4 Å². The molecule has 8 heteroatoms. The summed E-state index contributed by atoms with van der Waals surface area (Å²) >= 11 is 1.89. The highest BCUT2D eigenvalue weighted by atomic mass is 32.2. The number of ether oxygens (including phenoxy) is 1. The van der Waals surface area contributed by atoms with Crippen molar-refractivity contribution < 1.29 is 18.7 Å². The van der Waals surface area contributed by atoms with E-state index >= 15 is 0 Å². The van der Waals surface area contributed by atoms with Gasteiger partial charge in [0, 0.05) is 24.5 Å². The molecule has 2 aliphatic heterocycles. The van der Waals surface area contributed by atoms with Crippen molar-refractivity contribution in [3.05, 3.63) is 30.1 Å². The maximum Gasteiger partial charge on any atom is 0.315 e. The Morgan fingerprint density at radius 3 is 2.96 bits per heavy atom. The van der Waals surface area contributed by atoms with E-state index in [-0.39, 0.29) is 36.4 Å². The Morgan fingerprint density at radius 1 is 1.33 bits per heavy atom. The van der Waals surface area contributed by atoms with Crippen LogP contribution in [0.1, 0.15) is 25.7 Å². The quantitative estimate of drug-likeness (QED) is 0.498. The number of unbranched alkanes of at least 4 members (excludes halogenated alkanes) is 1. The Morgan fingerprint density at radius 2 is 2.15 bits per heavy atom. The van der Waals surface area contributed by atoms with Crippen LogP contribution in [0.3, 0.4) is 0 Å². The highest BCUT2D eigenvalue weighted by molar-refractivity contribution is 8.00. The number of carbonyl (C=O) groups excluding carboxylic acids is 2. The Balaban J connectivity index is 1.29. The van der Waals surface area contributed by atoms with Gasteiger partial charge < -0.3 is 20.3 Å². The molecule has 1 aromatic rings. The predicted molar refractivity (Wildman–Crippen MR) is 103 cm³/mol. The first-order valence-corrected chi connectivity index (χ1v) is 10.4. The molecule has 0 aliphatic carbocycles. The number of hydrogen-bond donors (Lipinski definition) is 2. The van der Waals surface area contributed by atoms with Crippen LogP contribution in [0.5, 0.6) is 5.75 Å². The van der Waals surface area contributed by atoms with Crippen LogP contribution in [0.15, 0.2) is 24.3 Å². The number of hydrogen-bond acceptors (Lipinski definition) is 4. The van der Waals surface area contributed by atoms with Crippen molar-refractivity contribution in [3.8, 4) is 5.75 Å². The summed E-state index contributed by atoms with van der Waals surface area (Å²) in [5.74, 6) is 0.837. The molecular formula is C19H26FN3O3S. The molecule has 148 valence electrons. The van der Waals surface area contributed by atoms with Crippen molar-refractivity contribution in [1.29, 1.82) is 0 Å². The molecule has 2 heterocycles. The molecule has 0 spiro atoms. The number of benzene rings is 1. The van der Waals surface area contributed by atoms with E-state index in [1.165, 1.54) is 6.07 Å². The van der Waals surface area contributed by atoms with Crippen LogP contribution in [-0.4, -0.2) is 60.1 Å². The van der Waals surface area contributed by atoms with Crippen LogP contribution in [0, 0.1) is 5.82 Å². The molecule has 1 aromatic carbocycles. The fraction of sp³-hybridized carbons (Fsp3) is 0.579. The number of nitrogens with one attached hydrogen (secondary N) is 2. The first kappa shape index (κ1) is 19.8. The molecule has 2 fully saturated rings. The van der Waals surface area contributed by atoms with E-state index in [0.717, 1.165) is 25.0 Å². The molecule has 3 rings (SSSR count). The predicted octanol–water partition coefficient (Wildman–Crippen LogP) is 2.39. The topological polar surface area (TPSA) is 70.7 Å². The summed E-state index contributed by atoms with van der Waals surface area (Å²) in [7, 11) is 1.74. The minimum Gasteiger partial charge on any atom is -0.489 e. The summed E-state index contributed by atoms with van der Waals surface area (Å²) in [6.07, 6.45) is 3.28. The molecule has 0 unspecified atom stereocenters. The van der Waals surface area contributed by atoms with Crippen LogP contribution in [0.25, 0.3) is 0 Å². The van der Waals surface area contributed by atoms with Gasteiger partial charge in [-0.15, -0.1) is 0 Å². The number of amides is 3. The molecule has 27 heavy (non-hydrogen) atoms. The maximum absolute atomic E-state index is 13.5. The number of carbonyl (C=O) groups is 2. The standard InChI is InChI=1S/C19H26FN3O3S/c1-23(10-11-26-15-7-3-2-6-13(15)20)17(24)9-5-4-8-16-18-14(12-27-16)21-19(25)22-18/h2-3,6-7,14,16,18H,4-5,8-12H2,1H3,(H2,21,22,25)/t14-,16-,18+/m0/s1. The molecule has 3 amide bonds. The number of para-hydroxylation sites is 1. The van der Waals surface area contributed by atoms with E-state index in [0.29, 0.717) is 18.2 Å². The lowest BCUT2D eigenvalue weighted by molar-refractivity contribution is -0.130. The molecule has 2 saturated heterocycles. The van der Waals surface area contributed by atoms with Gasteiger partial charge in [-0.25, -0.2) is 9.18 Å². The number of thioether (sulfide) groups is 1. The lowest BCUT2D eigenvalue weighted by Crippen LogP contribution is -2.36. The number of fused-ring (bicyclic) bond motifs is 1. The molecule has 0 bridgehead atoms. The van der Waals surface area contributed by atoms with Crippen LogP contribution in [-0.2, 0) is 4.79 Å². The Kier molecular flexibility index (Phi) is 6.82. The second-order valence-corrected chi connectivity index (χ2v) is 8.23. The third-order valence-corrected chi connectivity index (χ3v) is 6.52. The van der Waals surface area contributed by atoms with Gasteiger partial charge in [0.15, 0.2) is 11.6 Å². The smallest absolute Gasteiger partial charge is 0.315 e. The van der Waals surface area contributed by atoms with E-state index < -0.39 is 5.82 Å². The van der Waals surface area contributed by atoms with Gasteiger partial charge >= 0.3 is 6.03 Å². The number of rotatable bonds is 9. The molecule has 2 aliphatic rings. The number of nitrogens with zero attached hydrogens (tertiary/aromatic N) is 1. The largest absolute Gasteiger partial charge is 0.489 e. The molecule has 0 aromatic heterocycles. The SMILES string of the molecule is CN(CCOc1ccccc1F)C(=O)CCCC[C@@H]1SC[C@@H]2NC(=O)N[C@H]21. The second kappa shape index (κ2) is 9.30. The van der Waals surface area contributed by atoms with Crippen LogP contribution in [0.4, 0.5) is 9.18 Å². The van der Waals surface area contributed by atoms with Crippen LogP contribution >= 0.6 is 11.8 Å². The Labute approximate surface area is 163 Å². The van der Waals surface area contributed by atoms with Crippen molar-refractivity contribution in [2.75, 3.05) is 26.0 Å². The molecule has 0 saturated carbocycles. The van der Waals surface area contributed by atoms with Crippen molar-refractivity contribution in [2.24, 2.45) is 0 Å². The number of halogens is 1. The lowest BCUT2D eigenvalue weighted by atomic mass is 10.0. The van der Waals surface area contributed by atoms with E-state index in [1.54, 1.807) is 30.1 Å². The van der Waals surface area contributed by atoms with Crippen molar-refractivity contribution >= 4 is 23.7 Å². The summed E-state index contributed by atoms with van der Waals surface area (Å²) in [6.45, 7) is 0.685. The highest BCUT2D eigenvalue weighted by Gasteiger charge is 2.42. The minimum absolute atomic E-state index is 0.0651. The summed E-state index contributed by atoms with van der Waals surface area (Å²) in [4.78, 5) is 25.2. The summed E-state index contributed by atoms with van der Waals surface area (Å²) in [6, 6.07) is 6.65. The van der Waals surface area contributed by atoms with Gasteiger partial charge in [0.05, 0.1) is 18.6 Å². The normalized spacial score (nSPS) is 23.5. The van der Waals surface area contributed by atoms with Crippen molar-refractivity contribution in [1.82, 2.24) is 15.5 Å². The van der Waals surface area contributed by atoms with Gasteiger partial charge in [0.1, 0.15) is 6.61 Å². The highest BCUT2D eigenvalue weighted by Crippen LogP contribution is 2.33. The van der Waals surface area contributed by atoms with Crippen molar-refractivity contribution in [3.63, 3.8) is 0 Å². The maximum atomic E-state index is 13.5. The number of urea groups is 1. The van der Waals surface area contributed by atoms with E-state index in [1.807, 2.05) is 11.8 Å². The molecule has 0 radical (unpaired) electrons. The average molecular weight is 396 g/mol. The van der Waals surface area contributed by atoms with E-state index in [2.05, 4.69) is 10.6 Å². The first-order valence-electron chi connectivity index (χ1n) is 9.34. The van der Waals surface area contributed by atoms with Gasteiger partial charge in [-0.3, -0.25) is 4.79 Å². The van der Waals surface area contributed by atoms with Crippen LogP contribution in [0.2, 0.25) is 0 Å². The fourth-order valence-electron chi connectivity index (χ4n) is 3.43. The monoisotopic (exact) mass is 395 g/mol. The molecular weight excluding hydrogens is 369 g/mol. The number of likely N-dealkylation sites (N-methyl/N-ethyl adjacent to an activating group) is 1. The average Bonchev–Trinajstić information content (AvgIpc) is 3.19. The van der Waals surface area contributed by atoms with Gasteiger partial charge in [-0.2, -0.15) is 11.8 Å². The zero-order chi connectivity index (χ0) is 19.2. The zero-order valence-electron chi connectivity index (χ0n) is 15.4. The Bertz CT molecular complexity index is 675. The molecule has 3 atom stereocenters. The third kappa shape index (κ3) is 5.28.